The predicted octanol–water partition coefficient (Wildman–Crippen LogP) is 0.876. The Bertz CT molecular complexity index is 474. The van der Waals surface area contributed by atoms with Crippen molar-refractivity contribution in [2.24, 2.45) is 5.92 Å². The highest BCUT2D eigenvalue weighted by atomic mass is 16.5. The molecule has 1 fully saturated rings. The minimum atomic E-state index is -0.528. The number of aromatic nitrogens is 3. The van der Waals surface area contributed by atoms with Gasteiger partial charge >= 0.3 is 5.69 Å². The van der Waals surface area contributed by atoms with Gasteiger partial charge in [-0.2, -0.15) is 9.78 Å². The predicted molar refractivity (Wildman–Crippen MR) is 66.3 cm³/mol. The zero-order chi connectivity index (χ0) is 12.8. The summed E-state index contributed by atoms with van der Waals surface area (Å²) in [6.07, 6.45) is 8.70. The van der Waals surface area contributed by atoms with Crippen molar-refractivity contribution in [3.05, 3.63) is 27.0 Å². The van der Waals surface area contributed by atoms with Crippen LogP contribution in [0.2, 0.25) is 0 Å². The fraction of sp³-hybridized carbons (Fsp3) is 0.750. The van der Waals surface area contributed by atoms with E-state index in [9.17, 15) is 9.59 Å². The van der Waals surface area contributed by atoms with Gasteiger partial charge in [0, 0.05) is 6.61 Å². The molecule has 0 saturated heterocycles. The van der Waals surface area contributed by atoms with Crippen LogP contribution in [-0.4, -0.2) is 21.4 Å². The van der Waals surface area contributed by atoms with E-state index in [1.165, 1.54) is 32.1 Å². The average molecular weight is 253 g/mol. The van der Waals surface area contributed by atoms with Gasteiger partial charge in [-0.25, -0.2) is 4.79 Å². The van der Waals surface area contributed by atoms with E-state index in [0.717, 1.165) is 23.2 Å². The Morgan fingerprint density at radius 3 is 2.83 bits per heavy atom. The molecule has 1 aromatic rings. The first-order valence-corrected chi connectivity index (χ1v) is 6.50. The smallest absolute Gasteiger partial charge is 0.346 e. The molecule has 100 valence electrons. The summed E-state index contributed by atoms with van der Waals surface area (Å²) in [7, 11) is 0. The van der Waals surface area contributed by atoms with E-state index in [2.05, 4.69) is 10.1 Å². The van der Waals surface area contributed by atoms with Crippen LogP contribution in [0.3, 0.4) is 0 Å². The fourth-order valence-corrected chi connectivity index (χ4v) is 2.35. The van der Waals surface area contributed by atoms with Gasteiger partial charge in [0.15, 0.2) is 0 Å². The van der Waals surface area contributed by atoms with Gasteiger partial charge in [-0.05, 0) is 12.3 Å². The molecule has 0 unspecified atom stereocenters. The Labute approximate surface area is 105 Å². The molecule has 0 aromatic carbocycles. The second-order valence-corrected chi connectivity index (χ2v) is 4.77. The Balaban J connectivity index is 1.71. The van der Waals surface area contributed by atoms with E-state index >= 15 is 0 Å². The molecule has 0 bridgehead atoms. The highest BCUT2D eigenvalue weighted by Crippen LogP contribution is 2.25. The van der Waals surface area contributed by atoms with Gasteiger partial charge in [-0.1, -0.05) is 32.1 Å². The van der Waals surface area contributed by atoms with E-state index in [-0.39, 0.29) is 6.73 Å². The van der Waals surface area contributed by atoms with Crippen LogP contribution in [0.15, 0.2) is 15.8 Å². The van der Waals surface area contributed by atoms with Crippen molar-refractivity contribution < 1.29 is 4.74 Å². The van der Waals surface area contributed by atoms with Crippen LogP contribution in [0, 0.1) is 5.92 Å². The van der Waals surface area contributed by atoms with Gasteiger partial charge in [0.1, 0.15) is 12.9 Å². The maximum Gasteiger partial charge on any atom is 0.346 e. The van der Waals surface area contributed by atoms with Crippen LogP contribution in [0.5, 0.6) is 0 Å². The second-order valence-electron chi connectivity index (χ2n) is 4.77. The van der Waals surface area contributed by atoms with Gasteiger partial charge < -0.3 is 4.74 Å². The molecule has 1 aliphatic rings. The zero-order valence-corrected chi connectivity index (χ0v) is 10.4. The van der Waals surface area contributed by atoms with Crippen molar-refractivity contribution in [3.63, 3.8) is 0 Å². The van der Waals surface area contributed by atoms with Crippen LogP contribution in [-0.2, 0) is 11.5 Å². The summed E-state index contributed by atoms with van der Waals surface area (Å²) in [6, 6.07) is 0. The first kappa shape index (κ1) is 13.0. The minimum absolute atomic E-state index is 0.0995. The number of aromatic amines is 1. The third kappa shape index (κ3) is 3.80. The maximum atomic E-state index is 11.3. The molecule has 18 heavy (non-hydrogen) atoms. The van der Waals surface area contributed by atoms with Crippen LogP contribution >= 0.6 is 0 Å². The largest absolute Gasteiger partial charge is 0.359 e. The molecule has 1 N–H and O–H groups in total. The van der Waals surface area contributed by atoms with Crippen LogP contribution in [0.4, 0.5) is 0 Å². The first-order valence-electron chi connectivity index (χ1n) is 6.50. The lowest BCUT2D eigenvalue weighted by molar-refractivity contribution is 0.0518. The van der Waals surface area contributed by atoms with Crippen molar-refractivity contribution in [1.29, 1.82) is 0 Å². The number of nitrogens with zero attached hydrogens (tertiary/aromatic N) is 2. The summed E-state index contributed by atoms with van der Waals surface area (Å²) in [5, 5.41) is 3.70. The highest BCUT2D eigenvalue weighted by Gasteiger charge is 2.12. The summed E-state index contributed by atoms with van der Waals surface area (Å²) in [4.78, 5) is 24.2. The Hall–Kier alpha value is -1.43. The molecule has 2 rings (SSSR count). The lowest BCUT2D eigenvalue weighted by Gasteiger charge is -2.21. The quantitative estimate of drug-likeness (QED) is 0.790. The SMILES string of the molecule is O=c1cnn(COCCC2CCCCC2)c(=O)[nH]1. The molecule has 0 amide bonds. The summed E-state index contributed by atoms with van der Waals surface area (Å²) in [5.74, 6) is 0.763. The molecule has 1 aromatic heterocycles. The van der Waals surface area contributed by atoms with Crippen LogP contribution in [0.1, 0.15) is 38.5 Å². The summed E-state index contributed by atoms with van der Waals surface area (Å²) < 4.78 is 6.53. The number of hydrogen-bond acceptors (Lipinski definition) is 4. The van der Waals surface area contributed by atoms with E-state index in [4.69, 9.17) is 4.74 Å². The van der Waals surface area contributed by atoms with Gasteiger partial charge in [0.2, 0.25) is 0 Å². The highest BCUT2D eigenvalue weighted by molar-refractivity contribution is 4.68. The molecule has 1 aliphatic carbocycles. The van der Waals surface area contributed by atoms with Gasteiger partial charge in [-0.3, -0.25) is 9.78 Å². The first-order chi connectivity index (χ1) is 8.75. The van der Waals surface area contributed by atoms with Gasteiger partial charge in [0.05, 0.1) is 0 Å². The average Bonchev–Trinajstić information content (AvgIpc) is 2.38. The Morgan fingerprint density at radius 1 is 1.33 bits per heavy atom. The van der Waals surface area contributed by atoms with E-state index in [0.29, 0.717) is 6.61 Å². The summed E-state index contributed by atoms with van der Waals surface area (Å²) in [5.41, 5.74) is -1.02. The summed E-state index contributed by atoms with van der Waals surface area (Å²) in [6.45, 7) is 0.736. The lowest BCUT2D eigenvalue weighted by Crippen LogP contribution is -2.32. The van der Waals surface area contributed by atoms with E-state index < -0.39 is 11.2 Å². The molecule has 0 aliphatic heterocycles. The van der Waals surface area contributed by atoms with Crippen molar-refractivity contribution in [2.75, 3.05) is 6.61 Å². The van der Waals surface area contributed by atoms with Crippen molar-refractivity contribution in [3.8, 4) is 0 Å². The number of rotatable bonds is 5. The summed E-state index contributed by atoms with van der Waals surface area (Å²) >= 11 is 0. The molecule has 0 atom stereocenters. The Kier molecular flexibility index (Phi) is 4.69. The Morgan fingerprint density at radius 2 is 2.11 bits per heavy atom. The van der Waals surface area contributed by atoms with Gasteiger partial charge in [0.25, 0.3) is 5.56 Å². The molecular weight excluding hydrogens is 234 g/mol. The molecule has 6 heteroatoms. The fourth-order valence-electron chi connectivity index (χ4n) is 2.35. The molecular formula is C12H19N3O3. The topological polar surface area (TPSA) is 77.0 Å². The maximum absolute atomic E-state index is 11.3. The van der Waals surface area contributed by atoms with Crippen molar-refractivity contribution in [1.82, 2.24) is 14.8 Å². The number of H-pyrrole nitrogens is 1. The third-order valence-corrected chi connectivity index (χ3v) is 3.39. The van der Waals surface area contributed by atoms with Crippen molar-refractivity contribution in [2.45, 2.75) is 45.3 Å². The molecule has 6 nitrogen and oxygen atoms in total. The van der Waals surface area contributed by atoms with E-state index in [1.54, 1.807) is 0 Å². The normalized spacial score (nSPS) is 16.9. The standard InChI is InChI=1S/C12H19N3O3/c16-11-8-13-15(12(17)14-11)9-18-7-6-10-4-2-1-3-5-10/h8,10H,1-7,9H2,(H,14,16,17). The number of nitrogens with one attached hydrogen (secondary N) is 1. The number of ether oxygens (including phenoxy) is 1. The molecule has 1 saturated carbocycles. The third-order valence-electron chi connectivity index (χ3n) is 3.39. The second kappa shape index (κ2) is 6.49. The lowest BCUT2D eigenvalue weighted by atomic mass is 9.87. The molecule has 0 radical (unpaired) electrons. The monoisotopic (exact) mass is 253 g/mol. The van der Waals surface area contributed by atoms with Crippen molar-refractivity contribution >= 4 is 0 Å². The minimum Gasteiger partial charge on any atom is -0.359 e. The molecule has 0 spiro atoms. The molecule has 1 heterocycles. The zero-order valence-electron chi connectivity index (χ0n) is 10.4. The van der Waals surface area contributed by atoms with E-state index in [1.807, 2.05) is 0 Å². The van der Waals surface area contributed by atoms with Crippen LogP contribution < -0.4 is 11.2 Å². The number of hydrogen-bond donors (Lipinski definition) is 1. The van der Waals surface area contributed by atoms with Crippen LogP contribution in [0.25, 0.3) is 0 Å². The van der Waals surface area contributed by atoms with Gasteiger partial charge in [-0.15, -0.1) is 0 Å².